The first-order chi connectivity index (χ1) is 12.6. The maximum atomic E-state index is 10.9. The van der Waals surface area contributed by atoms with Crippen molar-refractivity contribution >= 4 is 30.8 Å². The van der Waals surface area contributed by atoms with Crippen LogP contribution < -0.4 is 4.90 Å². The number of anilines is 1. The van der Waals surface area contributed by atoms with E-state index >= 15 is 0 Å². The lowest BCUT2D eigenvalue weighted by atomic mass is 10.1. The number of ether oxygens (including phenoxy) is 1. The second-order valence-electron chi connectivity index (χ2n) is 5.99. The summed E-state index contributed by atoms with van der Waals surface area (Å²) >= 11 is 0. The van der Waals surface area contributed by atoms with Gasteiger partial charge in [-0.2, -0.15) is 0 Å². The average molecular weight is 400 g/mol. The number of hydrogen-bond acceptors (Lipinski definition) is 9. The fourth-order valence-corrected chi connectivity index (χ4v) is 3.12. The van der Waals surface area contributed by atoms with E-state index in [0.717, 1.165) is 0 Å². The van der Waals surface area contributed by atoms with Crippen LogP contribution >= 0.6 is 7.82 Å². The van der Waals surface area contributed by atoms with E-state index in [0.29, 0.717) is 11.3 Å². The summed E-state index contributed by atoms with van der Waals surface area (Å²) in [4.78, 5) is 35.0. The highest BCUT2D eigenvalue weighted by molar-refractivity contribution is 7.46. The first kappa shape index (κ1) is 19.6. The molecule has 0 aliphatic carbocycles. The standard InChI is InChI=1S/C13H17N6O7P/c1-14-13-17-7-10(18(2)3)15-5-16-11(7)19(13)12-9(21)8(20)6(26-12)4-25-27(22,23)24/h5-6,8-9,12,20-21H,4H2,2-3H3,(H2,22,23,24)/t6-,8-,9-,12-/m1/s1. The lowest BCUT2D eigenvalue weighted by Gasteiger charge is -2.16. The summed E-state index contributed by atoms with van der Waals surface area (Å²) in [7, 11) is -1.31. The van der Waals surface area contributed by atoms with Gasteiger partial charge in [-0.3, -0.25) is 4.52 Å². The molecule has 27 heavy (non-hydrogen) atoms. The molecule has 4 N–H and O–H groups in total. The number of phosphoric ester groups is 1. The van der Waals surface area contributed by atoms with Gasteiger partial charge in [-0.05, 0) is 0 Å². The van der Waals surface area contributed by atoms with Crippen molar-refractivity contribution in [1.29, 1.82) is 0 Å². The lowest BCUT2D eigenvalue weighted by molar-refractivity contribution is -0.0492. The molecule has 0 spiro atoms. The Morgan fingerprint density at radius 1 is 1.37 bits per heavy atom. The van der Waals surface area contributed by atoms with Gasteiger partial charge >= 0.3 is 13.8 Å². The van der Waals surface area contributed by atoms with Gasteiger partial charge in [0.15, 0.2) is 12.0 Å². The predicted molar refractivity (Wildman–Crippen MR) is 89.8 cm³/mol. The van der Waals surface area contributed by atoms with Crippen molar-refractivity contribution in [2.45, 2.75) is 24.5 Å². The largest absolute Gasteiger partial charge is 0.469 e. The second-order valence-corrected chi connectivity index (χ2v) is 7.23. The fraction of sp³-hybridized carbons (Fsp3) is 0.538. The van der Waals surface area contributed by atoms with Gasteiger partial charge in [0.25, 0.3) is 0 Å². The van der Waals surface area contributed by atoms with Crippen molar-refractivity contribution in [3.63, 3.8) is 0 Å². The Labute approximate surface area is 152 Å². The van der Waals surface area contributed by atoms with Crippen molar-refractivity contribution in [3.8, 4) is 0 Å². The van der Waals surface area contributed by atoms with Crippen LogP contribution in [0.3, 0.4) is 0 Å². The first-order valence-corrected chi connectivity index (χ1v) is 9.16. The second kappa shape index (κ2) is 7.10. The molecule has 2 aromatic rings. The summed E-state index contributed by atoms with van der Waals surface area (Å²) in [5, 5.41) is 20.5. The normalized spacial score (nSPS) is 25.7. The summed E-state index contributed by atoms with van der Waals surface area (Å²) in [6.07, 6.45) is -4.25. The Bertz CT molecular complexity index is 937. The van der Waals surface area contributed by atoms with Crippen LogP contribution in [0, 0.1) is 6.57 Å². The average Bonchev–Trinajstić information content (AvgIpc) is 3.10. The molecule has 3 rings (SSSR count). The molecule has 0 radical (unpaired) electrons. The molecule has 0 aromatic carbocycles. The maximum absolute atomic E-state index is 10.9. The van der Waals surface area contributed by atoms with Gasteiger partial charge in [0.05, 0.1) is 6.61 Å². The van der Waals surface area contributed by atoms with Crippen molar-refractivity contribution in [2.75, 3.05) is 25.6 Å². The lowest BCUT2D eigenvalue weighted by Crippen LogP contribution is -2.33. The van der Waals surface area contributed by atoms with Crippen LogP contribution in [0.15, 0.2) is 6.33 Å². The van der Waals surface area contributed by atoms with E-state index in [1.54, 1.807) is 19.0 Å². The summed E-state index contributed by atoms with van der Waals surface area (Å²) < 4.78 is 21.9. The molecular weight excluding hydrogens is 383 g/mol. The zero-order valence-corrected chi connectivity index (χ0v) is 15.1. The topological polar surface area (TPSA) is 168 Å². The highest BCUT2D eigenvalue weighted by Gasteiger charge is 2.47. The van der Waals surface area contributed by atoms with Crippen LogP contribution in [0.1, 0.15) is 6.23 Å². The molecule has 0 amide bonds. The van der Waals surface area contributed by atoms with Crippen molar-refractivity contribution in [3.05, 3.63) is 17.7 Å². The Morgan fingerprint density at radius 3 is 2.67 bits per heavy atom. The van der Waals surface area contributed by atoms with Gasteiger partial charge < -0.3 is 34.5 Å². The van der Waals surface area contributed by atoms with Crippen LogP contribution in [0.25, 0.3) is 16.0 Å². The third kappa shape index (κ3) is 3.64. The van der Waals surface area contributed by atoms with Crippen molar-refractivity contribution in [2.24, 2.45) is 0 Å². The number of aromatic nitrogens is 4. The minimum absolute atomic E-state index is 0.151. The number of fused-ring (bicyclic) bond motifs is 1. The molecule has 1 aliphatic heterocycles. The van der Waals surface area contributed by atoms with Gasteiger partial charge in [0.2, 0.25) is 11.2 Å². The van der Waals surface area contributed by atoms with Gasteiger partial charge in [-0.25, -0.2) is 19.1 Å². The summed E-state index contributed by atoms with van der Waals surface area (Å²) in [6, 6.07) is 0. The predicted octanol–water partition coefficient (Wildman–Crippen LogP) is -0.828. The molecule has 1 aliphatic rings. The monoisotopic (exact) mass is 400 g/mol. The fourth-order valence-electron chi connectivity index (χ4n) is 2.78. The van der Waals surface area contributed by atoms with E-state index in [9.17, 15) is 14.8 Å². The Balaban J connectivity index is 2.01. The molecule has 3 heterocycles. The number of rotatable bonds is 5. The third-order valence-electron chi connectivity index (χ3n) is 3.96. The molecular formula is C13H17N6O7P. The van der Waals surface area contributed by atoms with Gasteiger partial charge in [-0.1, -0.05) is 0 Å². The number of nitrogens with zero attached hydrogens (tertiary/aromatic N) is 6. The molecule has 14 heteroatoms. The summed E-state index contributed by atoms with van der Waals surface area (Å²) in [5.41, 5.74) is 0.501. The highest BCUT2D eigenvalue weighted by atomic mass is 31.2. The number of hydrogen-bond donors (Lipinski definition) is 4. The molecule has 0 unspecified atom stereocenters. The number of aliphatic hydroxyl groups is 2. The van der Waals surface area contributed by atoms with Gasteiger partial charge in [-0.15, -0.1) is 11.6 Å². The molecule has 1 saturated heterocycles. The van der Waals surface area contributed by atoms with Crippen LogP contribution in [-0.4, -0.2) is 78.5 Å². The zero-order chi connectivity index (χ0) is 19.9. The number of imidazole rings is 1. The van der Waals surface area contributed by atoms with Crippen LogP contribution in [0.4, 0.5) is 11.8 Å². The quantitative estimate of drug-likeness (QED) is 0.365. The summed E-state index contributed by atoms with van der Waals surface area (Å²) in [6.45, 7) is 6.68. The molecule has 4 atom stereocenters. The highest BCUT2D eigenvalue weighted by Crippen LogP contribution is 2.40. The molecule has 146 valence electrons. The van der Waals surface area contributed by atoms with Gasteiger partial charge in [0.1, 0.15) is 24.6 Å². The minimum atomic E-state index is -4.78. The first-order valence-electron chi connectivity index (χ1n) is 7.63. The smallest absolute Gasteiger partial charge is 0.396 e. The van der Waals surface area contributed by atoms with E-state index in [4.69, 9.17) is 21.1 Å². The SMILES string of the molecule is [C-]#[N+]c1nc2c(N(C)C)ncnc2n1[C@@H]1O[C@H](COP(=O)(O)O)[C@@H](O)[C@H]1O. The Morgan fingerprint density at radius 2 is 2.07 bits per heavy atom. The van der Waals surface area contributed by atoms with Crippen molar-refractivity contribution in [1.82, 2.24) is 19.5 Å². The summed E-state index contributed by atoms with van der Waals surface area (Å²) in [5.74, 6) is 0.291. The van der Waals surface area contributed by atoms with Crippen LogP contribution in [-0.2, 0) is 13.8 Å². The van der Waals surface area contributed by atoms with E-state index < -0.39 is 39.0 Å². The van der Waals surface area contributed by atoms with E-state index in [-0.39, 0.29) is 11.6 Å². The molecule has 1 fully saturated rings. The molecule has 0 bridgehead atoms. The van der Waals surface area contributed by atoms with Crippen LogP contribution in [0.2, 0.25) is 0 Å². The van der Waals surface area contributed by atoms with E-state index in [1.807, 2.05) is 0 Å². The van der Waals surface area contributed by atoms with E-state index in [1.165, 1.54) is 10.9 Å². The Hall–Kier alpha value is -2.17. The van der Waals surface area contributed by atoms with Gasteiger partial charge in [0, 0.05) is 14.1 Å². The van der Waals surface area contributed by atoms with Crippen LogP contribution in [0.5, 0.6) is 0 Å². The number of aliphatic hydroxyl groups excluding tert-OH is 2. The Kier molecular flexibility index (Phi) is 5.15. The molecule has 13 nitrogen and oxygen atoms in total. The third-order valence-corrected chi connectivity index (χ3v) is 4.45. The minimum Gasteiger partial charge on any atom is -0.396 e. The molecule has 0 saturated carbocycles. The van der Waals surface area contributed by atoms with E-state index in [2.05, 4.69) is 24.3 Å². The maximum Gasteiger partial charge on any atom is 0.469 e. The zero-order valence-electron chi connectivity index (χ0n) is 14.2. The van der Waals surface area contributed by atoms with Crippen molar-refractivity contribution < 1.29 is 33.8 Å². The molecule has 2 aromatic heterocycles. The number of phosphoric acid groups is 1.